The minimum Gasteiger partial charge on any atom is -0.478 e. The van der Waals surface area contributed by atoms with Crippen molar-refractivity contribution in [3.05, 3.63) is 35.4 Å². The van der Waals surface area contributed by atoms with Gasteiger partial charge >= 0.3 is 5.97 Å². The van der Waals surface area contributed by atoms with Crippen LogP contribution in [0, 0.1) is 0 Å². The number of nitrogens with zero attached hydrogens (tertiary/aromatic N) is 2. The minimum absolute atomic E-state index is 0.341. The maximum Gasteiger partial charge on any atom is 0.335 e. The highest BCUT2D eigenvalue weighted by molar-refractivity contribution is 5.87. The molecule has 1 aromatic rings. The van der Waals surface area contributed by atoms with Gasteiger partial charge in [-0.05, 0) is 31.5 Å². The van der Waals surface area contributed by atoms with Gasteiger partial charge in [0.25, 0.3) is 0 Å². The molecule has 0 spiro atoms. The number of piperazine rings is 1. The number of carboxylic acid groups (broad SMARTS) is 1. The highest BCUT2D eigenvalue weighted by Gasteiger charge is 2.22. The normalized spacial score (nSPS) is 17.9. The van der Waals surface area contributed by atoms with Crippen LogP contribution in [0.15, 0.2) is 24.3 Å². The number of carbonyl (C=O) groups is 1. The molecule has 1 aliphatic heterocycles. The molecule has 1 saturated heterocycles. The molecule has 1 heterocycles. The van der Waals surface area contributed by atoms with E-state index in [-0.39, 0.29) is 0 Å². The molecule has 116 valence electrons. The van der Waals surface area contributed by atoms with Gasteiger partial charge in [0.1, 0.15) is 0 Å². The van der Waals surface area contributed by atoms with Crippen LogP contribution < -0.4 is 0 Å². The smallest absolute Gasteiger partial charge is 0.335 e. The summed E-state index contributed by atoms with van der Waals surface area (Å²) >= 11 is 0. The van der Waals surface area contributed by atoms with E-state index in [4.69, 9.17) is 5.11 Å². The molecule has 5 nitrogen and oxygen atoms in total. The summed E-state index contributed by atoms with van der Waals surface area (Å²) in [5.74, 6) is -0.883. The van der Waals surface area contributed by atoms with E-state index in [0.717, 1.165) is 38.3 Å². The van der Waals surface area contributed by atoms with Crippen molar-refractivity contribution < 1.29 is 15.0 Å². The third kappa shape index (κ3) is 5.12. The summed E-state index contributed by atoms with van der Waals surface area (Å²) in [4.78, 5) is 15.6. The third-order valence-electron chi connectivity index (χ3n) is 3.66. The first kappa shape index (κ1) is 15.9. The Morgan fingerprint density at radius 2 is 1.81 bits per heavy atom. The second-order valence-corrected chi connectivity index (χ2v) is 6.37. The lowest BCUT2D eigenvalue weighted by atomic mass is 10.1. The fourth-order valence-electron chi connectivity index (χ4n) is 2.71. The number of aliphatic hydroxyl groups is 1. The standard InChI is InChI=1S/C16H24N2O3/c1-16(2,21)12-18-8-6-17(7-9-18)11-13-4-3-5-14(10-13)15(19)20/h3-5,10,21H,6-9,11-12H2,1-2H3,(H,19,20). The fourth-order valence-corrected chi connectivity index (χ4v) is 2.71. The van der Waals surface area contributed by atoms with E-state index in [1.165, 1.54) is 0 Å². The van der Waals surface area contributed by atoms with E-state index in [0.29, 0.717) is 12.1 Å². The summed E-state index contributed by atoms with van der Waals surface area (Å²) in [6.07, 6.45) is 0. The molecule has 0 saturated carbocycles. The predicted octanol–water partition coefficient (Wildman–Crippen LogP) is 1.27. The molecule has 21 heavy (non-hydrogen) atoms. The highest BCUT2D eigenvalue weighted by Crippen LogP contribution is 2.13. The Morgan fingerprint density at radius 1 is 1.19 bits per heavy atom. The third-order valence-corrected chi connectivity index (χ3v) is 3.66. The average molecular weight is 292 g/mol. The van der Waals surface area contributed by atoms with Crippen molar-refractivity contribution in [1.29, 1.82) is 0 Å². The van der Waals surface area contributed by atoms with E-state index >= 15 is 0 Å². The van der Waals surface area contributed by atoms with Crippen molar-refractivity contribution in [3.63, 3.8) is 0 Å². The molecule has 0 aromatic heterocycles. The van der Waals surface area contributed by atoms with Gasteiger partial charge in [-0.1, -0.05) is 12.1 Å². The molecule has 1 aliphatic rings. The van der Waals surface area contributed by atoms with Crippen molar-refractivity contribution in [1.82, 2.24) is 9.80 Å². The Bertz CT molecular complexity index is 489. The number of benzene rings is 1. The van der Waals surface area contributed by atoms with Gasteiger partial charge in [-0.15, -0.1) is 0 Å². The fraction of sp³-hybridized carbons (Fsp3) is 0.562. The Balaban J connectivity index is 1.86. The van der Waals surface area contributed by atoms with Crippen LogP contribution in [0.1, 0.15) is 29.8 Å². The molecule has 0 radical (unpaired) electrons. The van der Waals surface area contributed by atoms with Crippen LogP contribution in [0.5, 0.6) is 0 Å². The summed E-state index contributed by atoms with van der Waals surface area (Å²) in [6, 6.07) is 7.12. The number of aromatic carboxylic acids is 1. The first-order valence-corrected chi connectivity index (χ1v) is 7.33. The number of carboxylic acids is 1. The van der Waals surface area contributed by atoms with Gasteiger partial charge < -0.3 is 10.2 Å². The second kappa shape index (κ2) is 6.56. The van der Waals surface area contributed by atoms with Crippen molar-refractivity contribution in [3.8, 4) is 0 Å². The summed E-state index contributed by atoms with van der Waals surface area (Å²) in [5.41, 5.74) is 0.719. The molecule has 1 fully saturated rings. The maximum absolute atomic E-state index is 11.0. The maximum atomic E-state index is 11.0. The van der Waals surface area contributed by atoms with Gasteiger partial charge in [0.2, 0.25) is 0 Å². The van der Waals surface area contributed by atoms with Crippen LogP contribution in [0.4, 0.5) is 0 Å². The topological polar surface area (TPSA) is 64.0 Å². The zero-order valence-corrected chi connectivity index (χ0v) is 12.7. The zero-order chi connectivity index (χ0) is 15.5. The molecular formula is C16H24N2O3. The Hall–Kier alpha value is -1.43. The molecule has 0 atom stereocenters. The van der Waals surface area contributed by atoms with Crippen LogP contribution >= 0.6 is 0 Å². The molecule has 5 heteroatoms. The molecule has 0 amide bonds. The largest absolute Gasteiger partial charge is 0.478 e. The van der Waals surface area contributed by atoms with E-state index in [2.05, 4.69) is 9.80 Å². The van der Waals surface area contributed by atoms with Gasteiger partial charge in [-0.3, -0.25) is 9.80 Å². The average Bonchev–Trinajstić information content (AvgIpc) is 2.40. The predicted molar refractivity (Wildman–Crippen MR) is 81.4 cm³/mol. The molecule has 2 N–H and O–H groups in total. The number of hydrogen-bond donors (Lipinski definition) is 2. The van der Waals surface area contributed by atoms with Crippen LogP contribution in [-0.4, -0.2) is 64.3 Å². The molecular weight excluding hydrogens is 268 g/mol. The lowest BCUT2D eigenvalue weighted by Crippen LogP contribution is -2.50. The van der Waals surface area contributed by atoms with Gasteiger partial charge in [-0.2, -0.15) is 0 Å². The van der Waals surface area contributed by atoms with E-state index < -0.39 is 11.6 Å². The van der Waals surface area contributed by atoms with Crippen molar-refractivity contribution in [2.45, 2.75) is 26.0 Å². The lowest BCUT2D eigenvalue weighted by molar-refractivity contribution is 0.0167. The summed E-state index contributed by atoms with van der Waals surface area (Å²) in [6.45, 7) is 8.87. The first-order chi connectivity index (χ1) is 9.83. The number of hydrogen-bond acceptors (Lipinski definition) is 4. The van der Waals surface area contributed by atoms with E-state index in [1.54, 1.807) is 18.2 Å². The number of rotatable bonds is 5. The number of β-amino-alcohol motifs (C(OH)–C–C–N with tert-alkyl or cyclic N) is 1. The molecule has 0 unspecified atom stereocenters. The van der Waals surface area contributed by atoms with E-state index in [1.807, 2.05) is 19.9 Å². The molecule has 2 rings (SSSR count). The summed E-state index contributed by atoms with van der Waals surface area (Å²) < 4.78 is 0. The lowest BCUT2D eigenvalue weighted by Gasteiger charge is -2.37. The van der Waals surface area contributed by atoms with Gasteiger partial charge in [-0.25, -0.2) is 4.79 Å². The van der Waals surface area contributed by atoms with Crippen LogP contribution in [0.3, 0.4) is 0 Å². The van der Waals surface area contributed by atoms with Gasteiger partial charge in [0.15, 0.2) is 0 Å². The zero-order valence-electron chi connectivity index (χ0n) is 12.7. The minimum atomic E-state index is -0.883. The SMILES string of the molecule is CC(C)(O)CN1CCN(Cc2cccc(C(=O)O)c2)CC1. The van der Waals surface area contributed by atoms with Gasteiger partial charge in [0.05, 0.1) is 11.2 Å². The summed E-state index contributed by atoms with van der Waals surface area (Å²) in [5, 5.41) is 18.9. The van der Waals surface area contributed by atoms with Gasteiger partial charge in [0, 0.05) is 39.3 Å². The Kier molecular flexibility index (Phi) is 4.98. The Morgan fingerprint density at radius 3 is 2.38 bits per heavy atom. The van der Waals surface area contributed by atoms with Crippen LogP contribution in [0.25, 0.3) is 0 Å². The molecule has 0 bridgehead atoms. The quantitative estimate of drug-likeness (QED) is 0.856. The van der Waals surface area contributed by atoms with Crippen molar-refractivity contribution in [2.75, 3.05) is 32.7 Å². The second-order valence-electron chi connectivity index (χ2n) is 6.37. The summed E-state index contributed by atoms with van der Waals surface area (Å²) in [7, 11) is 0. The van der Waals surface area contributed by atoms with Crippen LogP contribution in [-0.2, 0) is 6.54 Å². The molecule has 1 aromatic carbocycles. The highest BCUT2D eigenvalue weighted by atomic mass is 16.4. The van der Waals surface area contributed by atoms with Crippen LogP contribution in [0.2, 0.25) is 0 Å². The van der Waals surface area contributed by atoms with E-state index in [9.17, 15) is 9.90 Å². The van der Waals surface area contributed by atoms with Crippen molar-refractivity contribution in [2.24, 2.45) is 0 Å². The first-order valence-electron chi connectivity index (χ1n) is 7.33. The molecule has 0 aliphatic carbocycles. The Labute approximate surface area is 125 Å². The monoisotopic (exact) mass is 292 g/mol. The van der Waals surface area contributed by atoms with Crippen molar-refractivity contribution >= 4 is 5.97 Å².